The molecule has 0 spiro atoms. The molecule has 0 saturated carbocycles. The zero-order chi connectivity index (χ0) is 21.6. The van der Waals surface area contributed by atoms with Crippen LogP contribution in [0.4, 0.5) is 0 Å². The second kappa shape index (κ2) is 10.3. The highest BCUT2D eigenvalue weighted by molar-refractivity contribution is 8.00. The van der Waals surface area contributed by atoms with Crippen LogP contribution in [0.3, 0.4) is 0 Å². The Balaban J connectivity index is 1.32. The molecule has 1 saturated heterocycles. The molecular formula is C24H27N3O2S2. The van der Waals surface area contributed by atoms with Crippen molar-refractivity contribution < 1.29 is 9.59 Å². The number of benzene rings is 2. The molecule has 2 aromatic carbocycles. The Hall–Kier alpha value is -2.38. The lowest BCUT2D eigenvalue weighted by atomic mass is 10.0. The molecule has 162 valence electrons. The average molecular weight is 454 g/mol. The van der Waals surface area contributed by atoms with E-state index >= 15 is 0 Å². The number of thiazole rings is 1. The number of amides is 2. The van der Waals surface area contributed by atoms with Crippen LogP contribution in [-0.4, -0.2) is 40.8 Å². The Morgan fingerprint density at radius 3 is 2.77 bits per heavy atom. The summed E-state index contributed by atoms with van der Waals surface area (Å²) in [4.78, 5) is 31.4. The summed E-state index contributed by atoms with van der Waals surface area (Å²) in [5, 5.41) is 3.07. The van der Waals surface area contributed by atoms with Gasteiger partial charge in [-0.3, -0.25) is 9.59 Å². The maximum absolute atomic E-state index is 12.9. The molecule has 31 heavy (non-hydrogen) atoms. The number of carbonyl (C=O) groups is 2. The quantitative estimate of drug-likeness (QED) is 0.505. The van der Waals surface area contributed by atoms with Gasteiger partial charge in [0.15, 0.2) is 4.34 Å². The molecule has 2 heterocycles. The van der Waals surface area contributed by atoms with E-state index in [4.69, 9.17) is 0 Å². The summed E-state index contributed by atoms with van der Waals surface area (Å²) in [5.74, 6) is 0.945. The Kier molecular flexibility index (Phi) is 7.25. The number of likely N-dealkylation sites (tertiary alicyclic amines) is 1. The SMILES string of the molecule is CCCC(=O)NC1CCCN(C(=O)c2ccc(CSc3nc4ccccc4s3)cc2)C1. The fourth-order valence-corrected chi connectivity index (χ4v) is 5.81. The lowest BCUT2D eigenvalue weighted by molar-refractivity contribution is -0.122. The molecule has 1 aliphatic rings. The van der Waals surface area contributed by atoms with Crippen LogP contribution < -0.4 is 5.32 Å². The summed E-state index contributed by atoms with van der Waals surface area (Å²) in [6.07, 6.45) is 3.23. The minimum Gasteiger partial charge on any atom is -0.352 e. The number of hydrogen-bond donors (Lipinski definition) is 1. The summed E-state index contributed by atoms with van der Waals surface area (Å²) < 4.78 is 2.27. The average Bonchev–Trinajstić information content (AvgIpc) is 3.21. The Morgan fingerprint density at radius 1 is 1.19 bits per heavy atom. The van der Waals surface area contributed by atoms with Gasteiger partial charge >= 0.3 is 0 Å². The Labute approximate surface area is 191 Å². The summed E-state index contributed by atoms with van der Waals surface area (Å²) in [6.45, 7) is 3.33. The molecule has 1 aromatic heterocycles. The van der Waals surface area contributed by atoms with Gasteiger partial charge in [-0.1, -0.05) is 43.0 Å². The highest BCUT2D eigenvalue weighted by Crippen LogP contribution is 2.31. The van der Waals surface area contributed by atoms with E-state index in [1.807, 2.05) is 54.3 Å². The molecule has 0 radical (unpaired) electrons. The summed E-state index contributed by atoms with van der Waals surface area (Å²) >= 11 is 3.44. The monoisotopic (exact) mass is 453 g/mol. The van der Waals surface area contributed by atoms with Crippen LogP contribution in [0, 0.1) is 0 Å². The number of rotatable bonds is 7. The minimum absolute atomic E-state index is 0.0415. The first-order valence-corrected chi connectivity index (χ1v) is 12.6. The number of para-hydroxylation sites is 1. The first-order valence-electron chi connectivity index (χ1n) is 10.8. The number of aromatic nitrogens is 1. The van der Waals surface area contributed by atoms with Gasteiger partial charge in [0.05, 0.1) is 10.2 Å². The molecule has 7 heteroatoms. The van der Waals surface area contributed by atoms with Crippen LogP contribution in [-0.2, 0) is 10.5 Å². The predicted octanol–water partition coefficient (Wildman–Crippen LogP) is 5.11. The molecule has 1 unspecified atom stereocenters. The molecule has 2 amide bonds. The second-order valence-corrected chi connectivity index (χ2v) is 10.1. The van der Waals surface area contributed by atoms with Crippen LogP contribution in [0.1, 0.15) is 48.5 Å². The zero-order valence-electron chi connectivity index (χ0n) is 17.7. The van der Waals surface area contributed by atoms with E-state index < -0.39 is 0 Å². The largest absolute Gasteiger partial charge is 0.352 e. The topological polar surface area (TPSA) is 62.3 Å². The van der Waals surface area contributed by atoms with Crippen molar-refractivity contribution in [3.63, 3.8) is 0 Å². The van der Waals surface area contributed by atoms with Crippen molar-refractivity contribution in [3.05, 3.63) is 59.7 Å². The molecule has 0 aliphatic carbocycles. The van der Waals surface area contributed by atoms with Crippen LogP contribution in [0.2, 0.25) is 0 Å². The highest BCUT2D eigenvalue weighted by Gasteiger charge is 2.25. The number of carbonyl (C=O) groups excluding carboxylic acids is 2. The summed E-state index contributed by atoms with van der Waals surface area (Å²) in [7, 11) is 0. The first kappa shape index (κ1) is 21.8. The third kappa shape index (κ3) is 5.66. The molecule has 4 rings (SSSR count). The smallest absolute Gasteiger partial charge is 0.253 e. The van der Waals surface area contributed by atoms with E-state index in [2.05, 4.69) is 16.4 Å². The van der Waals surface area contributed by atoms with Gasteiger partial charge < -0.3 is 10.2 Å². The Bertz CT molecular complexity index is 1020. The number of thioether (sulfide) groups is 1. The van der Waals surface area contributed by atoms with Crippen molar-refractivity contribution in [2.75, 3.05) is 13.1 Å². The lowest BCUT2D eigenvalue weighted by Crippen LogP contribution is -2.49. The molecule has 1 atom stereocenters. The molecule has 3 aromatic rings. The van der Waals surface area contributed by atoms with Gasteiger partial charge in [0.2, 0.25) is 5.91 Å². The number of piperidine rings is 1. The van der Waals surface area contributed by atoms with Crippen LogP contribution in [0.5, 0.6) is 0 Å². The van der Waals surface area contributed by atoms with Crippen molar-refractivity contribution in [3.8, 4) is 0 Å². The fraction of sp³-hybridized carbons (Fsp3) is 0.375. The molecule has 1 N–H and O–H groups in total. The maximum atomic E-state index is 12.9. The number of hydrogen-bond acceptors (Lipinski definition) is 5. The molecule has 1 aliphatic heterocycles. The number of nitrogens with one attached hydrogen (secondary N) is 1. The summed E-state index contributed by atoms with van der Waals surface area (Å²) in [5.41, 5.74) is 2.92. The van der Waals surface area contributed by atoms with E-state index in [1.165, 1.54) is 10.3 Å². The Morgan fingerprint density at radius 2 is 2.00 bits per heavy atom. The van der Waals surface area contributed by atoms with E-state index in [0.29, 0.717) is 18.5 Å². The number of fused-ring (bicyclic) bond motifs is 1. The molecule has 0 bridgehead atoms. The molecule has 1 fully saturated rings. The van der Waals surface area contributed by atoms with Crippen LogP contribution in [0.15, 0.2) is 52.9 Å². The number of nitrogens with zero attached hydrogens (tertiary/aromatic N) is 2. The van der Waals surface area contributed by atoms with E-state index in [9.17, 15) is 9.59 Å². The fourth-order valence-electron chi connectivity index (χ4n) is 3.79. The third-order valence-electron chi connectivity index (χ3n) is 5.39. The van der Waals surface area contributed by atoms with Crippen molar-refractivity contribution in [2.45, 2.75) is 48.7 Å². The third-order valence-corrected chi connectivity index (χ3v) is 7.64. The van der Waals surface area contributed by atoms with Gasteiger partial charge in [-0.15, -0.1) is 11.3 Å². The summed E-state index contributed by atoms with van der Waals surface area (Å²) in [6, 6.07) is 16.1. The van der Waals surface area contributed by atoms with Gasteiger partial charge in [0, 0.05) is 36.9 Å². The van der Waals surface area contributed by atoms with Gasteiger partial charge in [0.25, 0.3) is 5.91 Å². The van der Waals surface area contributed by atoms with Crippen molar-refractivity contribution in [1.82, 2.24) is 15.2 Å². The molecular weight excluding hydrogens is 426 g/mol. The van der Waals surface area contributed by atoms with Crippen LogP contribution in [0.25, 0.3) is 10.2 Å². The van der Waals surface area contributed by atoms with Crippen molar-refractivity contribution in [1.29, 1.82) is 0 Å². The standard InChI is InChI=1S/C24H27N3O2S2/c1-2-6-22(28)25-19-7-5-14-27(15-19)23(29)18-12-10-17(11-13-18)16-30-24-26-20-8-3-4-9-21(20)31-24/h3-4,8-13,19H,2,5-7,14-16H2,1H3,(H,25,28). The second-order valence-electron chi connectivity index (χ2n) is 7.84. The first-order chi connectivity index (χ1) is 15.1. The zero-order valence-corrected chi connectivity index (χ0v) is 19.3. The van der Waals surface area contributed by atoms with Crippen molar-refractivity contribution >= 4 is 45.1 Å². The minimum atomic E-state index is 0.0415. The van der Waals surface area contributed by atoms with Crippen molar-refractivity contribution in [2.24, 2.45) is 0 Å². The van der Waals surface area contributed by atoms with E-state index in [1.54, 1.807) is 23.1 Å². The maximum Gasteiger partial charge on any atom is 0.253 e. The van der Waals surface area contributed by atoms with E-state index in [0.717, 1.165) is 41.4 Å². The van der Waals surface area contributed by atoms with Gasteiger partial charge in [-0.05, 0) is 49.1 Å². The lowest BCUT2D eigenvalue weighted by Gasteiger charge is -2.33. The normalized spacial score (nSPS) is 16.4. The van der Waals surface area contributed by atoms with E-state index in [-0.39, 0.29) is 17.9 Å². The molecule has 5 nitrogen and oxygen atoms in total. The predicted molar refractivity (Wildman–Crippen MR) is 128 cm³/mol. The van der Waals surface area contributed by atoms with Gasteiger partial charge in [-0.2, -0.15) is 0 Å². The van der Waals surface area contributed by atoms with Gasteiger partial charge in [-0.25, -0.2) is 4.98 Å². The highest BCUT2D eigenvalue weighted by atomic mass is 32.2. The van der Waals surface area contributed by atoms with Gasteiger partial charge in [0.1, 0.15) is 0 Å². The van der Waals surface area contributed by atoms with Crippen LogP contribution >= 0.6 is 23.1 Å².